The minimum Gasteiger partial charge on any atom is -0.494 e. The van der Waals surface area contributed by atoms with E-state index in [4.69, 9.17) is 26.4 Å². The molecule has 0 bridgehead atoms. The Kier molecular flexibility index (Phi) is 9.00. The fourth-order valence-electron chi connectivity index (χ4n) is 4.61. The second kappa shape index (κ2) is 12.8. The molecule has 0 aliphatic carbocycles. The molecule has 7 nitrogen and oxygen atoms in total. The first-order chi connectivity index (χ1) is 19.8. The number of nitrogens with one attached hydrogen (secondary N) is 2. The summed E-state index contributed by atoms with van der Waals surface area (Å²) in [5, 5.41) is 12.6. The van der Waals surface area contributed by atoms with Crippen molar-refractivity contribution < 1.29 is 9.53 Å². The van der Waals surface area contributed by atoms with Crippen LogP contribution in [0.2, 0.25) is 5.02 Å². The molecule has 1 aliphatic rings. The number of aryl methyl sites for hydroxylation is 1. The number of aromatic nitrogens is 3. The molecule has 2 heterocycles. The number of rotatable bonds is 10. The van der Waals surface area contributed by atoms with Crippen LogP contribution in [0.15, 0.2) is 89.2 Å². The number of carbonyl (C=O) groups is 1. The maximum Gasteiger partial charge on any atom is 0.255 e. The van der Waals surface area contributed by atoms with Crippen LogP contribution in [0.5, 0.6) is 5.75 Å². The molecule has 0 fully saturated rings. The number of nitrogens with zero attached hydrogens (tertiary/aromatic N) is 3. The van der Waals surface area contributed by atoms with Crippen LogP contribution in [0.1, 0.15) is 49.9 Å². The minimum atomic E-state index is -0.484. The SMILES string of the molecule is CC1=C(C(=O)Nc2ccccc2C)C(c2ccc(OCCC(C)C)cc2)n2nc(SCc3ccccc3Cl)nc2N1. The second-order valence-corrected chi connectivity index (χ2v) is 11.8. The van der Waals surface area contributed by atoms with Gasteiger partial charge in [0.15, 0.2) is 0 Å². The molecule has 1 unspecified atom stereocenters. The molecule has 3 aromatic carbocycles. The van der Waals surface area contributed by atoms with Crippen molar-refractivity contribution in [2.24, 2.45) is 5.92 Å². The Bertz CT molecular complexity index is 1560. The summed E-state index contributed by atoms with van der Waals surface area (Å²) in [5.41, 5.74) is 4.97. The molecular formula is C32H34ClN5O2S. The Labute approximate surface area is 250 Å². The van der Waals surface area contributed by atoms with Crippen LogP contribution in [0.4, 0.5) is 11.6 Å². The molecule has 0 spiro atoms. The standard InChI is InChI=1S/C32H34ClN5O2S/c1-20(2)17-18-40-25-15-13-23(14-16-25)29-28(30(39)35-27-12-8-5-9-21(27)3)22(4)34-31-36-32(37-38(29)31)41-19-24-10-6-7-11-26(24)33/h5-16,20,29H,17-19H2,1-4H3,(H,35,39)(H,34,36,37). The summed E-state index contributed by atoms with van der Waals surface area (Å²) in [6.07, 6.45) is 0.984. The number of halogens is 1. The molecule has 2 N–H and O–H groups in total. The summed E-state index contributed by atoms with van der Waals surface area (Å²) in [5.74, 6) is 2.38. The van der Waals surface area contributed by atoms with Gasteiger partial charge < -0.3 is 15.4 Å². The molecular weight excluding hydrogens is 554 g/mol. The molecule has 1 atom stereocenters. The fraction of sp³-hybridized carbons (Fsp3) is 0.281. The number of allylic oxidation sites excluding steroid dienone is 1. The van der Waals surface area contributed by atoms with Gasteiger partial charge in [-0.1, -0.05) is 85.7 Å². The maximum absolute atomic E-state index is 13.8. The Morgan fingerprint density at radius 2 is 1.80 bits per heavy atom. The smallest absolute Gasteiger partial charge is 0.255 e. The number of hydrogen-bond acceptors (Lipinski definition) is 6. The molecule has 0 saturated heterocycles. The molecule has 41 heavy (non-hydrogen) atoms. The largest absolute Gasteiger partial charge is 0.494 e. The molecule has 0 saturated carbocycles. The number of anilines is 2. The van der Waals surface area contributed by atoms with Crippen LogP contribution in [0.3, 0.4) is 0 Å². The first-order valence-corrected chi connectivity index (χ1v) is 15.1. The number of fused-ring (bicyclic) bond motifs is 1. The number of hydrogen-bond donors (Lipinski definition) is 2. The van der Waals surface area contributed by atoms with Gasteiger partial charge in [0, 0.05) is 22.2 Å². The van der Waals surface area contributed by atoms with E-state index in [-0.39, 0.29) is 5.91 Å². The van der Waals surface area contributed by atoms with Gasteiger partial charge in [0.2, 0.25) is 11.1 Å². The average Bonchev–Trinajstić information content (AvgIpc) is 3.35. The Balaban J connectivity index is 1.46. The van der Waals surface area contributed by atoms with Crippen LogP contribution in [0.25, 0.3) is 0 Å². The van der Waals surface area contributed by atoms with Gasteiger partial charge in [-0.15, -0.1) is 5.10 Å². The molecule has 9 heteroatoms. The van der Waals surface area contributed by atoms with Crippen molar-refractivity contribution in [2.45, 2.75) is 51.1 Å². The van der Waals surface area contributed by atoms with Gasteiger partial charge in [0.1, 0.15) is 11.8 Å². The average molecular weight is 588 g/mol. The number of carbonyl (C=O) groups excluding carboxylic acids is 1. The maximum atomic E-state index is 13.8. The monoisotopic (exact) mass is 587 g/mol. The number of thioether (sulfide) groups is 1. The van der Waals surface area contributed by atoms with Gasteiger partial charge in [-0.25, -0.2) is 4.68 Å². The van der Waals surface area contributed by atoms with Gasteiger partial charge in [-0.05, 0) is 67.1 Å². The minimum absolute atomic E-state index is 0.196. The molecule has 1 amide bonds. The molecule has 1 aliphatic heterocycles. The van der Waals surface area contributed by atoms with E-state index < -0.39 is 6.04 Å². The van der Waals surface area contributed by atoms with Gasteiger partial charge in [0.05, 0.1) is 12.2 Å². The highest BCUT2D eigenvalue weighted by atomic mass is 35.5. The summed E-state index contributed by atoms with van der Waals surface area (Å²) in [6, 6.07) is 22.9. The van der Waals surface area contributed by atoms with E-state index in [0.717, 1.165) is 40.2 Å². The summed E-state index contributed by atoms with van der Waals surface area (Å²) in [6.45, 7) is 8.89. The summed E-state index contributed by atoms with van der Waals surface area (Å²) in [4.78, 5) is 18.6. The number of benzene rings is 3. The van der Waals surface area contributed by atoms with E-state index in [2.05, 4.69) is 24.5 Å². The molecule has 4 aromatic rings. The summed E-state index contributed by atoms with van der Waals surface area (Å²) in [7, 11) is 0. The number of amides is 1. The zero-order valence-electron chi connectivity index (χ0n) is 23.6. The Morgan fingerprint density at radius 3 is 2.54 bits per heavy atom. The highest BCUT2D eigenvalue weighted by Gasteiger charge is 2.34. The predicted molar refractivity (Wildman–Crippen MR) is 167 cm³/mol. The summed E-state index contributed by atoms with van der Waals surface area (Å²) >= 11 is 7.87. The van der Waals surface area contributed by atoms with E-state index in [1.807, 2.05) is 86.6 Å². The van der Waals surface area contributed by atoms with Gasteiger partial charge >= 0.3 is 0 Å². The van der Waals surface area contributed by atoms with E-state index in [1.165, 1.54) is 11.8 Å². The van der Waals surface area contributed by atoms with Crippen molar-refractivity contribution in [2.75, 3.05) is 17.2 Å². The first kappa shape index (κ1) is 28.8. The first-order valence-electron chi connectivity index (χ1n) is 13.7. The van der Waals surface area contributed by atoms with Crippen molar-refractivity contribution in [3.63, 3.8) is 0 Å². The van der Waals surface area contributed by atoms with Gasteiger partial charge in [-0.3, -0.25) is 4.79 Å². The van der Waals surface area contributed by atoms with Crippen molar-refractivity contribution in [3.05, 3.63) is 106 Å². The van der Waals surface area contributed by atoms with Crippen LogP contribution in [-0.2, 0) is 10.5 Å². The van der Waals surface area contributed by atoms with Crippen molar-refractivity contribution in [1.82, 2.24) is 14.8 Å². The fourth-order valence-corrected chi connectivity index (χ4v) is 5.73. The van der Waals surface area contributed by atoms with E-state index >= 15 is 0 Å². The third-order valence-corrected chi connectivity index (χ3v) is 8.20. The Hall–Kier alpha value is -3.75. The van der Waals surface area contributed by atoms with Crippen LogP contribution in [0, 0.1) is 12.8 Å². The lowest BCUT2D eigenvalue weighted by molar-refractivity contribution is -0.113. The van der Waals surface area contributed by atoms with Crippen molar-refractivity contribution >= 4 is 40.9 Å². The van der Waals surface area contributed by atoms with Gasteiger partial charge in [0.25, 0.3) is 5.91 Å². The Morgan fingerprint density at radius 1 is 1.07 bits per heavy atom. The lowest BCUT2D eigenvalue weighted by atomic mass is 9.95. The van der Waals surface area contributed by atoms with Crippen molar-refractivity contribution in [3.8, 4) is 5.75 Å². The van der Waals surface area contributed by atoms with E-state index in [0.29, 0.717) is 40.0 Å². The molecule has 0 radical (unpaired) electrons. The summed E-state index contributed by atoms with van der Waals surface area (Å²) < 4.78 is 7.75. The van der Waals surface area contributed by atoms with Crippen LogP contribution >= 0.6 is 23.4 Å². The van der Waals surface area contributed by atoms with Gasteiger partial charge in [-0.2, -0.15) is 4.98 Å². The van der Waals surface area contributed by atoms with Crippen LogP contribution in [-0.4, -0.2) is 27.3 Å². The zero-order chi connectivity index (χ0) is 28.9. The number of para-hydroxylation sites is 1. The highest BCUT2D eigenvalue weighted by molar-refractivity contribution is 7.98. The quantitative estimate of drug-likeness (QED) is 0.184. The zero-order valence-corrected chi connectivity index (χ0v) is 25.2. The van der Waals surface area contributed by atoms with E-state index in [1.54, 1.807) is 4.68 Å². The third kappa shape index (κ3) is 6.77. The van der Waals surface area contributed by atoms with Crippen LogP contribution < -0.4 is 15.4 Å². The molecule has 1 aromatic heterocycles. The molecule has 212 valence electrons. The second-order valence-electron chi connectivity index (χ2n) is 10.5. The number of ether oxygens (including phenoxy) is 1. The van der Waals surface area contributed by atoms with Crippen molar-refractivity contribution in [1.29, 1.82) is 0 Å². The normalized spacial score (nSPS) is 14.5. The predicted octanol–water partition coefficient (Wildman–Crippen LogP) is 7.88. The molecule has 5 rings (SSSR count). The highest BCUT2D eigenvalue weighted by Crippen LogP contribution is 2.38. The van der Waals surface area contributed by atoms with E-state index in [9.17, 15) is 4.79 Å². The topological polar surface area (TPSA) is 81.1 Å². The lowest BCUT2D eigenvalue weighted by Gasteiger charge is -2.29. The third-order valence-electron chi connectivity index (χ3n) is 6.95. The lowest BCUT2D eigenvalue weighted by Crippen LogP contribution is -2.31.